The van der Waals surface area contributed by atoms with Gasteiger partial charge in [-0.3, -0.25) is 24.1 Å². The zero-order chi connectivity index (χ0) is 28.8. The lowest BCUT2D eigenvalue weighted by molar-refractivity contribution is -0.153. The Bertz CT molecular complexity index is 1320. The Morgan fingerprint density at radius 1 is 1.18 bits per heavy atom. The molecule has 0 aliphatic heterocycles. The number of nitrogens with one attached hydrogen (secondary N) is 2. The molecule has 12 nitrogen and oxygen atoms in total. The number of benzene rings is 1. The summed E-state index contributed by atoms with van der Waals surface area (Å²) in [4.78, 5) is 52.8. The number of aromatic hydroxyl groups is 1. The molecule has 0 radical (unpaired) electrons. The van der Waals surface area contributed by atoms with Crippen molar-refractivity contribution < 1.29 is 39.6 Å². The molecule has 1 saturated carbocycles. The molecule has 0 bridgehead atoms. The fourth-order valence-corrected chi connectivity index (χ4v) is 6.02. The summed E-state index contributed by atoms with van der Waals surface area (Å²) in [5.41, 5.74) is 1.96. The number of phenols is 1. The van der Waals surface area contributed by atoms with Crippen LogP contribution in [0.4, 0.5) is 5.69 Å². The van der Waals surface area contributed by atoms with Crippen LogP contribution in [-0.4, -0.2) is 87.5 Å². The number of unbranched alkanes of at least 4 members (excludes halogenated alkanes) is 1. The smallest absolute Gasteiger partial charge is 0.255 e. The van der Waals surface area contributed by atoms with E-state index in [2.05, 4.69) is 10.6 Å². The number of Topliss-reactive ketones (excluding diaryl/α,β-unsaturated/α-hetero) is 2. The van der Waals surface area contributed by atoms with Crippen molar-refractivity contribution in [3.63, 3.8) is 0 Å². The van der Waals surface area contributed by atoms with Crippen LogP contribution in [0.5, 0.6) is 5.75 Å². The standard InChI is InChI=1S/C27H34N4O8/c1-4-5-8-29-11-16(32)30-15-7-6-12-9-13-10-14-20(31(2)3)23(35)19(26(28)38)25(37)27(14,39)24(36)18(13)22(34)17(12)21(15)33/h6-7,13-14,20,29,33-34,37,39H,4-5,8-11H2,1-3H3,(H2,28,38)(H,30,32). The first kappa shape index (κ1) is 28.3. The number of hydrogen-bond acceptors (Lipinski definition) is 10. The Morgan fingerprint density at radius 3 is 2.49 bits per heavy atom. The molecule has 0 spiro atoms. The van der Waals surface area contributed by atoms with Crippen LogP contribution in [0.15, 0.2) is 29.0 Å². The van der Waals surface area contributed by atoms with Crippen LogP contribution < -0.4 is 16.4 Å². The van der Waals surface area contributed by atoms with E-state index < -0.39 is 69.7 Å². The highest BCUT2D eigenvalue weighted by Crippen LogP contribution is 2.53. The van der Waals surface area contributed by atoms with Gasteiger partial charge < -0.3 is 36.8 Å². The lowest BCUT2D eigenvalue weighted by Crippen LogP contribution is -2.65. The molecule has 4 rings (SSSR count). The number of carbonyl (C=O) groups excluding carboxylic acids is 4. The number of carbonyl (C=O) groups is 4. The van der Waals surface area contributed by atoms with Gasteiger partial charge >= 0.3 is 0 Å². The highest BCUT2D eigenvalue weighted by molar-refractivity contribution is 6.24. The van der Waals surface area contributed by atoms with Crippen LogP contribution >= 0.6 is 0 Å². The Labute approximate surface area is 225 Å². The molecule has 4 unspecified atom stereocenters. The van der Waals surface area contributed by atoms with Crippen molar-refractivity contribution in [2.24, 2.45) is 17.6 Å². The van der Waals surface area contributed by atoms with Crippen LogP contribution in [0.25, 0.3) is 5.76 Å². The number of primary amides is 1. The largest absolute Gasteiger partial charge is 0.508 e. The number of ketones is 2. The number of rotatable bonds is 8. The fourth-order valence-electron chi connectivity index (χ4n) is 6.02. The lowest BCUT2D eigenvalue weighted by Gasteiger charge is -2.50. The molecule has 0 heterocycles. The summed E-state index contributed by atoms with van der Waals surface area (Å²) in [7, 11) is 3.08. The number of fused-ring (bicyclic) bond motifs is 3. The molecule has 0 saturated heterocycles. The van der Waals surface area contributed by atoms with E-state index in [0.29, 0.717) is 12.1 Å². The molecule has 4 atom stereocenters. The number of nitrogens with two attached hydrogens (primary N) is 1. The highest BCUT2D eigenvalue weighted by atomic mass is 16.3. The molecule has 8 N–H and O–H groups in total. The topological polar surface area (TPSA) is 203 Å². The average molecular weight is 543 g/mol. The van der Waals surface area contributed by atoms with Crippen LogP contribution in [-0.2, 0) is 25.6 Å². The molecule has 1 aromatic rings. The van der Waals surface area contributed by atoms with Crippen LogP contribution in [0.1, 0.15) is 37.3 Å². The third-order valence-corrected chi connectivity index (χ3v) is 7.86. The van der Waals surface area contributed by atoms with Gasteiger partial charge in [-0.2, -0.15) is 0 Å². The molecule has 0 aromatic heterocycles. The van der Waals surface area contributed by atoms with E-state index >= 15 is 0 Å². The van der Waals surface area contributed by atoms with E-state index in [-0.39, 0.29) is 36.2 Å². The van der Waals surface area contributed by atoms with Gasteiger partial charge in [0, 0.05) is 11.5 Å². The quantitative estimate of drug-likeness (QED) is 0.136. The molecule has 3 aliphatic carbocycles. The predicted octanol–water partition coefficient (Wildman–Crippen LogP) is 0.292. The predicted molar refractivity (Wildman–Crippen MR) is 141 cm³/mol. The van der Waals surface area contributed by atoms with Crippen molar-refractivity contribution in [3.8, 4) is 5.75 Å². The van der Waals surface area contributed by atoms with Gasteiger partial charge in [0.2, 0.25) is 11.7 Å². The zero-order valence-corrected chi connectivity index (χ0v) is 22.1. The van der Waals surface area contributed by atoms with E-state index in [1.54, 1.807) is 20.2 Å². The SMILES string of the molecule is CCCCNCC(=O)Nc1ccc2c(c1O)C(O)=C1C(=O)C3(O)C(O)=C(C(N)=O)C(=O)C(N(C)C)C3CC1C2. The number of aliphatic hydroxyl groups excluding tert-OH is 2. The first-order valence-electron chi connectivity index (χ1n) is 12.9. The minimum Gasteiger partial charge on any atom is -0.508 e. The van der Waals surface area contributed by atoms with Crippen molar-refractivity contribution in [2.45, 2.75) is 44.2 Å². The summed E-state index contributed by atoms with van der Waals surface area (Å²) in [6.45, 7) is 2.69. The van der Waals surface area contributed by atoms with Gasteiger partial charge in [0.1, 0.15) is 22.8 Å². The van der Waals surface area contributed by atoms with Crippen LogP contribution in [0.3, 0.4) is 0 Å². The minimum atomic E-state index is -2.70. The van der Waals surface area contributed by atoms with E-state index in [4.69, 9.17) is 5.73 Å². The van der Waals surface area contributed by atoms with Gasteiger partial charge in [-0.1, -0.05) is 19.4 Å². The van der Waals surface area contributed by atoms with E-state index in [1.165, 1.54) is 11.0 Å². The van der Waals surface area contributed by atoms with Gasteiger partial charge in [-0.15, -0.1) is 0 Å². The van der Waals surface area contributed by atoms with Crippen molar-refractivity contribution in [1.82, 2.24) is 10.2 Å². The van der Waals surface area contributed by atoms with Crippen molar-refractivity contribution in [1.29, 1.82) is 0 Å². The Morgan fingerprint density at radius 2 is 1.87 bits per heavy atom. The number of anilines is 1. The molecule has 2 amide bonds. The van der Waals surface area contributed by atoms with Crippen LogP contribution in [0, 0.1) is 11.8 Å². The van der Waals surface area contributed by atoms with Gasteiger partial charge in [0.15, 0.2) is 11.4 Å². The van der Waals surface area contributed by atoms with Crippen LogP contribution in [0.2, 0.25) is 0 Å². The first-order chi connectivity index (χ1) is 18.4. The molecule has 12 heteroatoms. The maximum Gasteiger partial charge on any atom is 0.255 e. The molecule has 3 aliphatic rings. The Hall–Kier alpha value is -3.74. The second-order valence-electron chi connectivity index (χ2n) is 10.5. The van der Waals surface area contributed by atoms with Gasteiger partial charge in [-0.05, 0) is 57.5 Å². The number of nitrogens with zero attached hydrogens (tertiary/aromatic N) is 1. The van der Waals surface area contributed by atoms with Crippen molar-refractivity contribution in [2.75, 3.05) is 32.5 Å². The van der Waals surface area contributed by atoms with Crippen molar-refractivity contribution >= 4 is 34.8 Å². The third-order valence-electron chi connectivity index (χ3n) is 7.86. The minimum absolute atomic E-state index is 0.00837. The van der Waals surface area contributed by atoms with Gasteiger partial charge in [0.25, 0.3) is 5.91 Å². The van der Waals surface area contributed by atoms with E-state index in [9.17, 15) is 39.6 Å². The average Bonchev–Trinajstić information content (AvgIpc) is 2.85. The van der Waals surface area contributed by atoms with Gasteiger partial charge in [0.05, 0.1) is 23.8 Å². The summed E-state index contributed by atoms with van der Waals surface area (Å²) < 4.78 is 0. The second kappa shape index (κ2) is 10.4. The number of phenolic OH excluding ortho intramolecular Hbond substituents is 1. The first-order valence-corrected chi connectivity index (χ1v) is 12.9. The summed E-state index contributed by atoms with van der Waals surface area (Å²) in [5, 5.41) is 50.3. The Kier molecular flexibility index (Phi) is 7.57. The number of hydrogen-bond donors (Lipinski definition) is 7. The summed E-state index contributed by atoms with van der Waals surface area (Å²) >= 11 is 0. The normalized spacial score (nSPS) is 26.3. The highest BCUT2D eigenvalue weighted by Gasteiger charge is 2.64. The molecular weight excluding hydrogens is 508 g/mol. The second-order valence-corrected chi connectivity index (χ2v) is 10.5. The molecule has 1 aromatic carbocycles. The summed E-state index contributed by atoms with van der Waals surface area (Å²) in [6, 6.07) is 1.97. The molecule has 1 fully saturated rings. The molecular formula is C27H34N4O8. The molecule has 39 heavy (non-hydrogen) atoms. The number of amides is 2. The van der Waals surface area contributed by atoms with E-state index in [0.717, 1.165) is 12.8 Å². The lowest BCUT2D eigenvalue weighted by atomic mass is 9.57. The zero-order valence-electron chi connectivity index (χ0n) is 22.1. The van der Waals surface area contributed by atoms with Gasteiger partial charge in [-0.25, -0.2) is 0 Å². The van der Waals surface area contributed by atoms with Crippen molar-refractivity contribution in [3.05, 3.63) is 40.2 Å². The monoisotopic (exact) mass is 542 g/mol. The maximum atomic E-state index is 13.8. The number of likely N-dealkylation sites (N-methyl/N-ethyl adjacent to an activating group) is 1. The Balaban J connectivity index is 1.76. The summed E-state index contributed by atoms with van der Waals surface area (Å²) in [6.07, 6.45) is 2.05. The maximum absolute atomic E-state index is 13.8. The molecule has 210 valence electrons. The third kappa shape index (κ3) is 4.48. The fraction of sp³-hybridized carbons (Fsp3) is 0.481. The number of aliphatic hydroxyl groups is 3. The summed E-state index contributed by atoms with van der Waals surface area (Å²) in [5.74, 6) is -7.59. The van der Waals surface area contributed by atoms with E-state index in [1.807, 2.05) is 6.92 Å².